The summed E-state index contributed by atoms with van der Waals surface area (Å²) in [4.78, 5) is 0. The molecular formula is C10H14FNO2. The zero-order chi connectivity index (χ0) is 10.2. The molecule has 78 valence electrons. The second kappa shape index (κ2) is 6.34. The quantitative estimate of drug-likeness (QED) is 0.665. The Balaban J connectivity index is 2.15. The number of rotatable bonds is 6. The highest BCUT2D eigenvalue weighted by atomic mass is 19.1. The molecule has 0 amide bonds. The molecule has 0 fully saturated rings. The first-order valence-electron chi connectivity index (χ1n) is 4.53. The van der Waals surface area contributed by atoms with Crippen molar-refractivity contribution in [2.24, 2.45) is 0 Å². The Labute approximate surface area is 82.5 Å². The Hall–Kier alpha value is -1.13. The van der Waals surface area contributed by atoms with Gasteiger partial charge in [0.25, 0.3) is 0 Å². The summed E-state index contributed by atoms with van der Waals surface area (Å²) in [6.45, 7) is 1.85. The number of nitrogens with one attached hydrogen (secondary N) is 1. The van der Waals surface area contributed by atoms with Crippen LogP contribution in [0.25, 0.3) is 0 Å². The summed E-state index contributed by atoms with van der Waals surface area (Å²) in [5, 5.41) is 11.4. The normalized spacial score (nSPS) is 10.1. The van der Waals surface area contributed by atoms with Gasteiger partial charge in [0.1, 0.15) is 18.2 Å². The van der Waals surface area contributed by atoms with Crippen LogP contribution in [-0.2, 0) is 0 Å². The maximum Gasteiger partial charge on any atom is 0.123 e. The Bertz CT molecular complexity index is 251. The van der Waals surface area contributed by atoms with Crippen LogP contribution in [0.1, 0.15) is 0 Å². The Morgan fingerprint density at radius 2 is 1.93 bits per heavy atom. The lowest BCUT2D eigenvalue weighted by Gasteiger charge is -2.06. The van der Waals surface area contributed by atoms with Crippen LogP contribution in [0.15, 0.2) is 24.3 Å². The lowest BCUT2D eigenvalue weighted by molar-refractivity contribution is 0.276. The largest absolute Gasteiger partial charge is 0.492 e. The fourth-order valence-corrected chi connectivity index (χ4v) is 0.976. The van der Waals surface area contributed by atoms with Gasteiger partial charge in [-0.05, 0) is 24.3 Å². The minimum atomic E-state index is -0.268. The molecule has 0 saturated heterocycles. The van der Waals surface area contributed by atoms with E-state index in [-0.39, 0.29) is 12.4 Å². The molecule has 1 aromatic carbocycles. The van der Waals surface area contributed by atoms with E-state index in [1.165, 1.54) is 12.1 Å². The molecule has 0 heterocycles. The van der Waals surface area contributed by atoms with Crippen LogP contribution >= 0.6 is 0 Å². The van der Waals surface area contributed by atoms with Crippen molar-refractivity contribution in [2.75, 3.05) is 26.3 Å². The topological polar surface area (TPSA) is 41.5 Å². The van der Waals surface area contributed by atoms with Gasteiger partial charge >= 0.3 is 0 Å². The molecule has 14 heavy (non-hydrogen) atoms. The van der Waals surface area contributed by atoms with E-state index in [1.807, 2.05) is 0 Å². The predicted molar refractivity (Wildman–Crippen MR) is 51.9 cm³/mol. The summed E-state index contributed by atoms with van der Waals surface area (Å²) in [6.07, 6.45) is 0. The van der Waals surface area contributed by atoms with Crippen molar-refractivity contribution in [3.05, 3.63) is 30.1 Å². The van der Waals surface area contributed by atoms with E-state index in [9.17, 15) is 4.39 Å². The van der Waals surface area contributed by atoms with Gasteiger partial charge in [0.15, 0.2) is 0 Å². The summed E-state index contributed by atoms with van der Waals surface area (Å²) in [5.41, 5.74) is 0. The van der Waals surface area contributed by atoms with E-state index >= 15 is 0 Å². The first-order valence-corrected chi connectivity index (χ1v) is 4.53. The van der Waals surface area contributed by atoms with Crippen molar-refractivity contribution < 1.29 is 14.2 Å². The monoisotopic (exact) mass is 199 g/mol. The second-order valence-electron chi connectivity index (χ2n) is 2.78. The Morgan fingerprint density at radius 1 is 1.21 bits per heavy atom. The first-order chi connectivity index (χ1) is 6.83. The van der Waals surface area contributed by atoms with E-state index in [2.05, 4.69) is 5.32 Å². The number of benzene rings is 1. The lowest BCUT2D eigenvalue weighted by Crippen LogP contribution is -2.23. The predicted octanol–water partition coefficient (Wildman–Crippen LogP) is 0.786. The Kier molecular flexibility index (Phi) is 4.96. The lowest BCUT2D eigenvalue weighted by atomic mass is 10.3. The van der Waals surface area contributed by atoms with Gasteiger partial charge in [0.2, 0.25) is 0 Å². The summed E-state index contributed by atoms with van der Waals surface area (Å²) in [7, 11) is 0. The van der Waals surface area contributed by atoms with Crippen LogP contribution in [0, 0.1) is 5.82 Å². The van der Waals surface area contributed by atoms with Gasteiger partial charge in [0, 0.05) is 13.1 Å². The molecule has 0 aliphatic heterocycles. The zero-order valence-electron chi connectivity index (χ0n) is 7.87. The van der Waals surface area contributed by atoms with Gasteiger partial charge in [-0.1, -0.05) is 0 Å². The summed E-state index contributed by atoms with van der Waals surface area (Å²) in [6, 6.07) is 5.88. The van der Waals surface area contributed by atoms with Crippen molar-refractivity contribution in [1.82, 2.24) is 5.32 Å². The molecule has 0 aliphatic rings. The minimum Gasteiger partial charge on any atom is -0.492 e. The molecule has 3 nitrogen and oxygen atoms in total. The fourth-order valence-electron chi connectivity index (χ4n) is 0.976. The number of hydrogen-bond acceptors (Lipinski definition) is 3. The SMILES string of the molecule is OCCNCCOc1ccc(F)cc1. The number of ether oxygens (including phenoxy) is 1. The smallest absolute Gasteiger partial charge is 0.123 e. The third kappa shape index (κ3) is 4.20. The molecule has 0 aromatic heterocycles. The third-order valence-electron chi connectivity index (χ3n) is 1.65. The van der Waals surface area contributed by atoms with Crippen LogP contribution in [0.5, 0.6) is 5.75 Å². The van der Waals surface area contributed by atoms with Gasteiger partial charge in [-0.25, -0.2) is 4.39 Å². The molecule has 0 aliphatic carbocycles. The van der Waals surface area contributed by atoms with Gasteiger partial charge < -0.3 is 15.2 Å². The van der Waals surface area contributed by atoms with E-state index < -0.39 is 0 Å². The summed E-state index contributed by atoms with van der Waals surface area (Å²) >= 11 is 0. The van der Waals surface area contributed by atoms with Crippen molar-refractivity contribution in [1.29, 1.82) is 0 Å². The van der Waals surface area contributed by atoms with E-state index in [4.69, 9.17) is 9.84 Å². The highest BCUT2D eigenvalue weighted by Crippen LogP contribution is 2.10. The molecule has 0 saturated carbocycles. The minimum absolute atomic E-state index is 0.122. The number of aliphatic hydroxyl groups excluding tert-OH is 1. The molecule has 1 aromatic rings. The molecule has 4 heteroatoms. The van der Waals surface area contributed by atoms with Crippen LogP contribution in [0.4, 0.5) is 4.39 Å². The van der Waals surface area contributed by atoms with Gasteiger partial charge in [-0.15, -0.1) is 0 Å². The molecule has 0 radical (unpaired) electrons. The number of aliphatic hydroxyl groups is 1. The van der Waals surface area contributed by atoms with Gasteiger partial charge in [-0.3, -0.25) is 0 Å². The summed E-state index contributed by atoms with van der Waals surface area (Å²) in [5.74, 6) is 0.382. The fraction of sp³-hybridized carbons (Fsp3) is 0.400. The van der Waals surface area contributed by atoms with Crippen molar-refractivity contribution in [3.63, 3.8) is 0 Å². The first kappa shape index (κ1) is 10.9. The maximum absolute atomic E-state index is 12.5. The highest BCUT2D eigenvalue weighted by molar-refractivity contribution is 5.21. The third-order valence-corrected chi connectivity index (χ3v) is 1.65. The van der Waals surface area contributed by atoms with Gasteiger partial charge in [0.05, 0.1) is 6.61 Å². The summed E-state index contributed by atoms with van der Waals surface area (Å²) < 4.78 is 17.8. The molecule has 0 unspecified atom stereocenters. The van der Waals surface area contributed by atoms with Crippen LogP contribution in [-0.4, -0.2) is 31.4 Å². The van der Waals surface area contributed by atoms with Crippen LogP contribution < -0.4 is 10.1 Å². The standard InChI is InChI=1S/C10H14FNO2/c11-9-1-3-10(4-2-9)14-8-6-12-5-7-13/h1-4,12-13H,5-8H2. The molecule has 1 rings (SSSR count). The van der Waals surface area contributed by atoms with E-state index in [0.29, 0.717) is 25.4 Å². The van der Waals surface area contributed by atoms with Crippen molar-refractivity contribution in [3.8, 4) is 5.75 Å². The molecule has 0 atom stereocenters. The molecular weight excluding hydrogens is 185 g/mol. The maximum atomic E-state index is 12.5. The van der Waals surface area contributed by atoms with E-state index in [0.717, 1.165) is 0 Å². The molecule has 0 bridgehead atoms. The molecule has 0 spiro atoms. The Morgan fingerprint density at radius 3 is 2.57 bits per heavy atom. The number of halogens is 1. The van der Waals surface area contributed by atoms with Crippen molar-refractivity contribution in [2.45, 2.75) is 0 Å². The number of hydrogen-bond donors (Lipinski definition) is 2. The van der Waals surface area contributed by atoms with E-state index in [1.54, 1.807) is 12.1 Å². The van der Waals surface area contributed by atoms with Gasteiger partial charge in [-0.2, -0.15) is 0 Å². The molecule has 2 N–H and O–H groups in total. The zero-order valence-corrected chi connectivity index (χ0v) is 7.87. The highest BCUT2D eigenvalue weighted by Gasteiger charge is 1.93. The average molecular weight is 199 g/mol. The van der Waals surface area contributed by atoms with Crippen molar-refractivity contribution >= 4 is 0 Å². The second-order valence-corrected chi connectivity index (χ2v) is 2.78. The average Bonchev–Trinajstić information content (AvgIpc) is 2.21. The van der Waals surface area contributed by atoms with Crippen LogP contribution in [0.2, 0.25) is 0 Å². The van der Waals surface area contributed by atoms with Crippen LogP contribution in [0.3, 0.4) is 0 Å².